The van der Waals surface area contributed by atoms with Crippen molar-refractivity contribution in [3.05, 3.63) is 30.3 Å². The summed E-state index contributed by atoms with van der Waals surface area (Å²) in [6.07, 6.45) is 1.29. The van der Waals surface area contributed by atoms with Crippen LogP contribution >= 0.6 is 0 Å². The maximum atomic E-state index is 3.54. The van der Waals surface area contributed by atoms with Crippen LogP contribution in [0.3, 0.4) is 0 Å². The summed E-state index contributed by atoms with van der Waals surface area (Å²) in [5.74, 6) is 0.817. The first-order valence-corrected chi connectivity index (χ1v) is 4.54. The summed E-state index contributed by atoms with van der Waals surface area (Å²) in [5, 5.41) is 3.54. The lowest BCUT2D eigenvalue weighted by Gasteiger charge is -2.13. The lowest BCUT2D eigenvalue weighted by molar-refractivity contribution is 0.738. The minimum atomic E-state index is 0.362. The van der Waals surface area contributed by atoms with Crippen LogP contribution in [0.15, 0.2) is 30.3 Å². The monoisotopic (exact) mass is 161 g/mol. The molecule has 2 atom stereocenters. The molecule has 1 aliphatic rings. The Morgan fingerprint density at radius 3 is 2.42 bits per heavy atom. The fourth-order valence-corrected chi connectivity index (χ4v) is 1.60. The van der Waals surface area contributed by atoms with Crippen LogP contribution in [0, 0.1) is 5.92 Å². The highest BCUT2D eigenvalue weighted by molar-refractivity contribution is 5.47. The fourth-order valence-electron chi connectivity index (χ4n) is 1.60. The van der Waals surface area contributed by atoms with Gasteiger partial charge in [-0.15, -0.1) is 0 Å². The zero-order valence-corrected chi connectivity index (χ0v) is 7.67. The van der Waals surface area contributed by atoms with Crippen LogP contribution in [-0.4, -0.2) is 5.54 Å². The van der Waals surface area contributed by atoms with Crippen molar-refractivity contribution in [2.45, 2.75) is 25.8 Å². The summed E-state index contributed by atoms with van der Waals surface area (Å²) in [7, 11) is 0. The van der Waals surface area contributed by atoms with Gasteiger partial charge in [0.1, 0.15) is 0 Å². The van der Waals surface area contributed by atoms with Crippen molar-refractivity contribution in [3.8, 4) is 0 Å². The molecule has 12 heavy (non-hydrogen) atoms. The molecule has 1 aromatic rings. The van der Waals surface area contributed by atoms with E-state index < -0.39 is 0 Å². The van der Waals surface area contributed by atoms with E-state index in [4.69, 9.17) is 0 Å². The van der Waals surface area contributed by atoms with Gasteiger partial charge in [0.05, 0.1) is 0 Å². The molecule has 1 heteroatoms. The van der Waals surface area contributed by atoms with Crippen LogP contribution in [-0.2, 0) is 0 Å². The molecule has 1 N–H and O–H groups in total. The number of benzene rings is 1. The molecule has 0 heterocycles. The van der Waals surface area contributed by atoms with Crippen LogP contribution in [0.5, 0.6) is 0 Å². The molecule has 0 aromatic heterocycles. The lowest BCUT2D eigenvalue weighted by Crippen LogP contribution is -2.18. The van der Waals surface area contributed by atoms with E-state index in [2.05, 4.69) is 43.4 Å². The first-order chi connectivity index (χ1) is 5.71. The highest BCUT2D eigenvalue weighted by Crippen LogP contribution is 2.44. The van der Waals surface area contributed by atoms with Gasteiger partial charge in [0.15, 0.2) is 0 Å². The van der Waals surface area contributed by atoms with E-state index in [0.717, 1.165) is 5.92 Å². The molecule has 0 radical (unpaired) electrons. The normalized spacial score (nSPS) is 33.0. The van der Waals surface area contributed by atoms with E-state index in [0.29, 0.717) is 5.54 Å². The van der Waals surface area contributed by atoms with Crippen molar-refractivity contribution in [3.63, 3.8) is 0 Å². The SMILES string of the molecule is CC1CC1(C)Nc1ccccc1. The van der Waals surface area contributed by atoms with E-state index in [1.165, 1.54) is 12.1 Å². The number of para-hydroxylation sites is 1. The Morgan fingerprint density at radius 2 is 1.92 bits per heavy atom. The number of nitrogens with one attached hydrogen (secondary N) is 1. The summed E-state index contributed by atoms with van der Waals surface area (Å²) in [5.41, 5.74) is 1.60. The minimum absolute atomic E-state index is 0.362. The summed E-state index contributed by atoms with van der Waals surface area (Å²) in [4.78, 5) is 0. The quantitative estimate of drug-likeness (QED) is 0.703. The molecule has 1 aromatic carbocycles. The molecular weight excluding hydrogens is 146 g/mol. The Bertz CT molecular complexity index is 268. The number of rotatable bonds is 2. The van der Waals surface area contributed by atoms with Gasteiger partial charge in [0, 0.05) is 11.2 Å². The first kappa shape index (κ1) is 7.66. The van der Waals surface area contributed by atoms with Crippen molar-refractivity contribution in [1.29, 1.82) is 0 Å². The molecule has 2 rings (SSSR count). The van der Waals surface area contributed by atoms with Gasteiger partial charge in [-0.05, 0) is 31.4 Å². The molecule has 64 valence electrons. The van der Waals surface area contributed by atoms with E-state index in [1.54, 1.807) is 0 Å². The van der Waals surface area contributed by atoms with Crippen LogP contribution in [0.25, 0.3) is 0 Å². The van der Waals surface area contributed by atoms with Crippen molar-refractivity contribution in [2.24, 2.45) is 5.92 Å². The predicted molar refractivity (Wildman–Crippen MR) is 52.3 cm³/mol. The van der Waals surface area contributed by atoms with E-state index >= 15 is 0 Å². The zero-order valence-electron chi connectivity index (χ0n) is 7.67. The second kappa shape index (κ2) is 2.51. The van der Waals surface area contributed by atoms with Crippen LogP contribution in [0.2, 0.25) is 0 Å². The Hall–Kier alpha value is -0.980. The summed E-state index contributed by atoms with van der Waals surface area (Å²) >= 11 is 0. The summed E-state index contributed by atoms with van der Waals surface area (Å²) < 4.78 is 0. The average molecular weight is 161 g/mol. The molecule has 0 saturated heterocycles. The third kappa shape index (κ3) is 1.31. The van der Waals surface area contributed by atoms with Gasteiger partial charge in [-0.3, -0.25) is 0 Å². The average Bonchev–Trinajstić information content (AvgIpc) is 2.61. The predicted octanol–water partition coefficient (Wildman–Crippen LogP) is 2.90. The number of anilines is 1. The Labute approximate surface area is 73.8 Å². The second-order valence-electron chi connectivity index (χ2n) is 4.01. The van der Waals surface area contributed by atoms with Gasteiger partial charge in [-0.25, -0.2) is 0 Å². The number of hydrogen-bond acceptors (Lipinski definition) is 1. The van der Waals surface area contributed by atoms with Gasteiger partial charge in [0.2, 0.25) is 0 Å². The molecule has 1 aliphatic carbocycles. The van der Waals surface area contributed by atoms with Crippen LogP contribution in [0.1, 0.15) is 20.3 Å². The Balaban J connectivity index is 2.06. The molecule has 0 amide bonds. The standard InChI is InChI=1S/C11H15N/c1-9-8-11(9,2)12-10-6-4-3-5-7-10/h3-7,9,12H,8H2,1-2H3. The smallest absolute Gasteiger partial charge is 0.0375 e. The topological polar surface area (TPSA) is 12.0 Å². The first-order valence-electron chi connectivity index (χ1n) is 4.54. The van der Waals surface area contributed by atoms with Crippen molar-refractivity contribution < 1.29 is 0 Å². The molecule has 1 saturated carbocycles. The van der Waals surface area contributed by atoms with Gasteiger partial charge in [-0.2, -0.15) is 0 Å². The lowest BCUT2D eigenvalue weighted by atomic mass is 10.2. The third-order valence-corrected chi connectivity index (χ3v) is 2.86. The van der Waals surface area contributed by atoms with Gasteiger partial charge in [-0.1, -0.05) is 25.1 Å². The van der Waals surface area contributed by atoms with Gasteiger partial charge < -0.3 is 5.32 Å². The van der Waals surface area contributed by atoms with Crippen molar-refractivity contribution in [2.75, 3.05) is 5.32 Å². The van der Waals surface area contributed by atoms with E-state index in [9.17, 15) is 0 Å². The molecular formula is C11H15N. The molecule has 1 fully saturated rings. The maximum Gasteiger partial charge on any atom is 0.0375 e. The van der Waals surface area contributed by atoms with E-state index in [-0.39, 0.29) is 0 Å². The Kier molecular flexibility index (Phi) is 1.60. The molecule has 0 spiro atoms. The number of hydrogen-bond donors (Lipinski definition) is 1. The highest BCUT2D eigenvalue weighted by atomic mass is 15.0. The Morgan fingerprint density at radius 1 is 1.33 bits per heavy atom. The molecule has 2 unspecified atom stereocenters. The summed E-state index contributed by atoms with van der Waals surface area (Å²) in [6.45, 7) is 4.57. The largest absolute Gasteiger partial charge is 0.380 e. The van der Waals surface area contributed by atoms with E-state index in [1.807, 2.05) is 6.07 Å². The molecule has 0 aliphatic heterocycles. The van der Waals surface area contributed by atoms with Crippen molar-refractivity contribution >= 4 is 5.69 Å². The molecule has 0 bridgehead atoms. The third-order valence-electron chi connectivity index (χ3n) is 2.86. The highest BCUT2D eigenvalue weighted by Gasteiger charge is 2.46. The van der Waals surface area contributed by atoms with Crippen LogP contribution in [0.4, 0.5) is 5.69 Å². The summed E-state index contributed by atoms with van der Waals surface area (Å²) in [6, 6.07) is 10.4. The van der Waals surface area contributed by atoms with Crippen LogP contribution < -0.4 is 5.32 Å². The molecule has 1 nitrogen and oxygen atoms in total. The second-order valence-corrected chi connectivity index (χ2v) is 4.01. The minimum Gasteiger partial charge on any atom is -0.380 e. The van der Waals surface area contributed by atoms with Gasteiger partial charge in [0.25, 0.3) is 0 Å². The van der Waals surface area contributed by atoms with Crippen molar-refractivity contribution in [1.82, 2.24) is 0 Å². The van der Waals surface area contributed by atoms with Gasteiger partial charge >= 0.3 is 0 Å². The maximum absolute atomic E-state index is 3.54. The zero-order chi connectivity index (χ0) is 8.60. The fraction of sp³-hybridized carbons (Fsp3) is 0.455.